The number of anilines is 1. The lowest BCUT2D eigenvalue weighted by atomic mass is 9.77. The number of aromatic nitrogens is 3. The van der Waals surface area contributed by atoms with E-state index in [1.807, 2.05) is 61.5 Å². The number of thioether (sulfide) groups is 1. The van der Waals surface area contributed by atoms with Crippen molar-refractivity contribution in [3.8, 4) is 0 Å². The minimum absolute atomic E-state index is 0.217. The van der Waals surface area contributed by atoms with Crippen molar-refractivity contribution >= 4 is 51.2 Å². The second kappa shape index (κ2) is 12.9. The van der Waals surface area contributed by atoms with Crippen molar-refractivity contribution in [3.63, 3.8) is 0 Å². The maximum absolute atomic E-state index is 12.1. The number of nitrogens with zero attached hydrogens (tertiary/aromatic N) is 4. The summed E-state index contributed by atoms with van der Waals surface area (Å²) in [6.07, 6.45) is 0. The molecule has 40 heavy (non-hydrogen) atoms. The maximum Gasteiger partial charge on any atom is 0.360 e. The average molecular weight is 588 g/mol. The molecule has 3 aromatic carbocycles. The van der Waals surface area contributed by atoms with E-state index in [1.54, 1.807) is 5.38 Å². The summed E-state index contributed by atoms with van der Waals surface area (Å²) in [7, 11) is 0. The molecule has 11 heteroatoms. The second-order valence-corrected chi connectivity index (χ2v) is 11.9. The van der Waals surface area contributed by atoms with E-state index >= 15 is 0 Å². The van der Waals surface area contributed by atoms with Gasteiger partial charge in [-0.05, 0) is 23.6 Å². The highest BCUT2D eigenvalue weighted by Gasteiger charge is 2.37. The summed E-state index contributed by atoms with van der Waals surface area (Å²) in [6.45, 7) is 2.11. The molecule has 0 aliphatic carbocycles. The van der Waals surface area contributed by atoms with E-state index in [0.717, 1.165) is 26.0 Å². The number of nitrogens with one attached hydrogen (secondary N) is 1. The standard InChI is InChI=1S/C29H25N5O3S3/c1-20-32-33-28(40-20)38-18-17-37-34-25(26(35)36)24-19-39-27(30-24)31-29(21-11-5-2-6-12-21,22-13-7-3-8-14-22)23-15-9-4-10-16-23/h2-16,19H,17-18H2,1H3,(H,30,31)(H,35,36). The number of carbonyl (C=O) groups is 1. The number of aliphatic carboxylic acids is 1. The molecule has 0 radical (unpaired) electrons. The first kappa shape index (κ1) is 27.5. The van der Waals surface area contributed by atoms with Crippen molar-refractivity contribution in [1.82, 2.24) is 15.2 Å². The van der Waals surface area contributed by atoms with Crippen molar-refractivity contribution < 1.29 is 14.7 Å². The lowest BCUT2D eigenvalue weighted by molar-refractivity contribution is -0.129. The Hall–Kier alpha value is -4.06. The van der Waals surface area contributed by atoms with Gasteiger partial charge in [0, 0.05) is 11.1 Å². The largest absolute Gasteiger partial charge is 0.476 e. The fourth-order valence-electron chi connectivity index (χ4n) is 4.19. The van der Waals surface area contributed by atoms with E-state index < -0.39 is 11.5 Å². The number of thiazole rings is 1. The third-order valence-corrected chi connectivity index (χ3v) is 8.62. The highest BCUT2D eigenvalue weighted by molar-refractivity contribution is 8.01. The summed E-state index contributed by atoms with van der Waals surface area (Å²) >= 11 is 4.29. The van der Waals surface area contributed by atoms with Crippen LogP contribution in [0.25, 0.3) is 0 Å². The monoisotopic (exact) mass is 587 g/mol. The van der Waals surface area contributed by atoms with Crippen LogP contribution < -0.4 is 5.32 Å². The van der Waals surface area contributed by atoms with Crippen molar-refractivity contribution in [1.29, 1.82) is 0 Å². The van der Waals surface area contributed by atoms with Gasteiger partial charge in [0.05, 0.1) is 0 Å². The lowest BCUT2D eigenvalue weighted by Gasteiger charge is -2.36. The van der Waals surface area contributed by atoms with Gasteiger partial charge in [0.1, 0.15) is 22.8 Å². The zero-order valence-corrected chi connectivity index (χ0v) is 23.9. The highest BCUT2D eigenvalue weighted by atomic mass is 32.2. The molecule has 0 aliphatic heterocycles. The van der Waals surface area contributed by atoms with Gasteiger partial charge in [0.15, 0.2) is 9.47 Å². The van der Waals surface area contributed by atoms with Gasteiger partial charge in [-0.15, -0.1) is 21.5 Å². The van der Waals surface area contributed by atoms with Gasteiger partial charge in [0.25, 0.3) is 0 Å². The molecule has 0 bridgehead atoms. The number of hydrogen-bond donors (Lipinski definition) is 2. The van der Waals surface area contributed by atoms with Gasteiger partial charge in [-0.3, -0.25) is 0 Å². The quantitative estimate of drug-likeness (QED) is 0.0575. The molecule has 0 fully saturated rings. The predicted molar refractivity (Wildman–Crippen MR) is 160 cm³/mol. The highest BCUT2D eigenvalue weighted by Crippen LogP contribution is 2.40. The van der Waals surface area contributed by atoms with Crippen LogP contribution in [0.2, 0.25) is 0 Å². The zero-order valence-electron chi connectivity index (χ0n) is 21.4. The van der Waals surface area contributed by atoms with Crippen LogP contribution in [-0.2, 0) is 15.2 Å². The second-order valence-electron chi connectivity index (χ2n) is 8.52. The molecule has 5 aromatic rings. The van der Waals surface area contributed by atoms with E-state index in [4.69, 9.17) is 4.84 Å². The summed E-state index contributed by atoms with van der Waals surface area (Å²) in [6, 6.07) is 30.4. The average Bonchev–Trinajstić information content (AvgIpc) is 3.63. The normalized spacial score (nSPS) is 11.8. The number of hydrogen-bond acceptors (Lipinski definition) is 10. The molecule has 0 spiro atoms. The van der Waals surface area contributed by atoms with Gasteiger partial charge in [-0.25, -0.2) is 9.78 Å². The number of carboxylic acid groups (broad SMARTS) is 1. The van der Waals surface area contributed by atoms with E-state index in [-0.39, 0.29) is 18.0 Å². The van der Waals surface area contributed by atoms with Gasteiger partial charge in [-0.2, -0.15) is 0 Å². The molecule has 0 saturated heterocycles. The number of oxime groups is 1. The van der Waals surface area contributed by atoms with Crippen LogP contribution >= 0.6 is 34.4 Å². The van der Waals surface area contributed by atoms with Crippen LogP contribution in [0.15, 0.2) is 106 Å². The Morgan fingerprint density at radius 3 is 2.02 bits per heavy atom. The number of aryl methyl sites for hydroxylation is 1. The summed E-state index contributed by atoms with van der Waals surface area (Å²) in [4.78, 5) is 22.0. The zero-order chi connectivity index (χ0) is 27.8. The maximum atomic E-state index is 12.1. The fraction of sp³-hybridized carbons (Fsp3) is 0.138. The summed E-state index contributed by atoms with van der Waals surface area (Å²) in [5.74, 6) is -0.660. The van der Waals surface area contributed by atoms with E-state index in [1.165, 1.54) is 34.4 Å². The third kappa shape index (κ3) is 6.22. The number of rotatable bonds is 12. The Balaban J connectivity index is 1.43. The van der Waals surface area contributed by atoms with Crippen molar-refractivity contribution in [2.75, 3.05) is 17.7 Å². The Morgan fingerprint density at radius 1 is 0.950 bits per heavy atom. The van der Waals surface area contributed by atoms with Gasteiger partial charge in [-0.1, -0.05) is 119 Å². The Bertz CT molecular complexity index is 1480. The number of carboxylic acids is 1. The molecule has 0 aliphatic rings. The molecule has 0 saturated carbocycles. The SMILES string of the molecule is Cc1nnc(SCCON=C(C(=O)O)c2csc(NC(c3ccccc3)(c3ccccc3)c3ccccc3)n2)s1. The molecule has 0 atom stereocenters. The first-order valence-electron chi connectivity index (χ1n) is 12.3. The third-order valence-electron chi connectivity index (χ3n) is 5.93. The minimum Gasteiger partial charge on any atom is -0.476 e. The lowest BCUT2D eigenvalue weighted by Crippen LogP contribution is -2.38. The van der Waals surface area contributed by atoms with Crippen LogP contribution in [-0.4, -0.2) is 44.3 Å². The molecule has 0 unspecified atom stereocenters. The topological polar surface area (TPSA) is 110 Å². The molecule has 202 valence electrons. The molecule has 8 nitrogen and oxygen atoms in total. The van der Waals surface area contributed by atoms with Gasteiger partial charge < -0.3 is 15.3 Å². The van der Waals surface area contributed by atoms with Crippen LogP contribution in [0.5, 0.6) is 0 Å². The molecule has 2 heterocycles. The van der Waals surface area contributed by atoms with E-state index in [9.17, 15) is 9.90 Å². The number of benzene rings is 3. The molecule has 0 amide bonds. The predicted octanol–water partition coefficient (Wildman–Crippen LogP) is 6.30. The summed E-state index contributed by atoms with van der Waals surface area (Å²) < 4.78 is 0.831. The first-order chi connectivity index (χ1) is 19.6. The smallest absolute Gasteiger partial charge is 0.360 e. The van der Waals surface area contributed by atoms with Gasteiger partial charge >= 0.3 is 5.97 Å². The molecule has 5 rings (SSSR count). The van der Waals surface area contributed by atoms with Crippen LogP contribution in [0.3, 0.4) is 0 Å². The summed E-state index contributed by atoms with van der Waals surface area (Å²) in [5.41, 5.74) is 2.23. The van der Waals surface area contributed by atoms with Crippen molar-refractivity contribution in [2.24, 2.45) is 5.16 Å². The Kier molecular flexibility index (Phi) is 8.84. The van der Waals surface area contributed by atoms with Crippen LogP contribution in [0.4, 0.5) is 5.13 Å². The Labute approximate surface area is 243 Å². The van der Waals surface area contributed by atoms with E-state index in [2.05, 4.69) is 62.1 Å². The van der Waals surface area contributed by atoms with Crippen LogP contribution in [0, 0.1) is 6.92 Å². The van der Waals surface area contributed by atoms with Crippen LogP contribution in [0.1, 0.15) is 27.4 Å². The molecule has 2 aromatic heterocycles. The van der Waals surface area contributed by atoms with Crippen molar-refractivity contribution in [2.45, 2.75) is 16.8 Å². The minimum atomic E-state index is -1.22. The molecular formula is C29H25N5O3S3. The van der Waals surface area contributed by atoms with Gasteiger partial charge in [0.2, 0.25) is 5.71 Å². The summed E-state index contributed by atoms with van der Waals surface area (Å²) in [5, 5.41) is 28.5. The van der Waals surface area contributed by atoms with Crippen molar-refractivity contribution in [3.05, 3.63) is 124 Å². The molecule has 2 N–H and O–H groups in total. The first-order valence-corrected chi connectivity index (χ1v) is 15.0. The Morgan fingerprint density at radius 2 is 1.52 bits per heavy atom. The molecular weight excluding hydrogens is 563 g/mol. The van der Waals surface area contributed by atoms with E-state index in [0.29, 0.717) is 10.9 Å². The fourth-order valence-corrected chi connectivity index (χ4v) is 6.64.